The number of hydrogen-bond acceptors (Lipinski definition) is 3. The summed E-state index contributed by atoms with van der Waals surface area (Å²) < 4.78 is 27.6. The summed E-state index contributed by atoms with van der Waals surface area (Å²) in [5.41, 5.74) is -0.184. The van der Waals surface area contributed by atoms with Crippen LogP contribution in [0, 0.1) is 6.92 Å². The highest BCUT2D eigenvalue weighted by atomic mass is 35.5. The molecule has 0 amide bonds. The Morgan fingerprint density at radius 2 is 2.00 bits per heavy atom. The van der Waals surface area contributed by atoms with Gasteiger partial charge in [-0.15, -0.1) is 0 Å². The minimum Gasteiger partial charge on any atom is -0.394 e. The zero-order valence-electron chi connectivity index (χ0n) is 10.8. The molecule has 1 fully saturated rings. The molecule has 2 N–H and O–H groups in total. The van der Waals surface area contributed by atoms with Gasteiger partial charge in [0.2, 0.25) is 10.0 Å². The van der Waals surface area contributed by atoms with Crippen LogP contribution in [0.15, 0.2) is 23.1 Å². The van der Waals surface area contributed by atoms with Gasteiger partial charge in [0.05, 0.1) is 17.0 Å². The summed E-state index contributed by atoms with van der Waals surface area (Å²) >= 11 is 5.96. The molecule has 0 radical (unpaired) electrons. The molecule has 1 aliphatic rings. The molecule has 0 aromatic heterocycles. The van der Waals surface area contributed by atoms with Crippen molar-refractivity contribution in [3.05, 3.63) is 28.8 Å². The first-order chi connectivity index (χ1) is 8.90. The summed E-state index contributed by atoms with van der Waals surface area (Å²) in [6.45, 7) is 1.50. The van der Waals surface area contributed by atoms with Gasteiger partial charge in [-0.25, -0.2) is 13.1 Å². The van der Waals surface area contributed by atoms with Gasteiger partial charge in [-0.1, -0.05) is 30.5 Å². The SMILES string of the molecule is Cc1c(Cl)cccc1S(=O)(=O)NC1(CO)CCCC1. The Balaban J connectivity index is 2.35. The topological polar surface area (TPSA) is 66.4 Å². The summed E-state index contributed by atoms with van der Waals surface area (Å²) in [6.07, 6.45) is 3.19. The second kappa shape index (κ2) is 5.40. The lowest BCUT2D eigenvalue weighted by Crippen LogP contribution is -2.49. The van der Waals surface area contributed by atoms with Gasteiger partial charge in [0.25, 0.3) is 0 Å². The van der Waals surface area contributed by atoms with Crippen molar-refractivity contribution in [3.8, 4) is 0 Å². The van der Waals surface area contributed by atoms with Gasteiger partial charge in [0.15, 0.2) is 0 Å². The summed E-state index contributed by atoms with van der Waals surface area (Å²) in [7, 11) is -3.66. The predicted molar refractivity (Wildman–Crippen MR) is 74.8 cm³/mol. The molecule has 1 aliphatic carbocycles. The molecule has 6 heteroatoms. The van der Waals surface area contributed by atoms with Gasteiger partial charge in [-0.05, 0) is 37.5 Å². The zero-order valence-corrected chi connectivity index (χ0v) is 12.4. The van der Waals surface area contributed by atoms with Crippen molar-refractivity contribution in [2.75, 3.05) is 6.61 Å². The summed E-state index contributed by atoms with van der Waals surface area (Å²) in [4.78, 5) is 0.180. The van der Waals surface area contributed by atoms with Gasteiger partial charge >= 0.3 is 0 Å². The van der Waals surface area contributed by atoms with E-state index in [1.54, 1.807) is 19.1 Å². The maximum absolute atomic E-state index is 12.4. The largest absolute Gasteiger partial charge is 0.394 e. The number of aliphatic hydroxyl groups is 1. The Morgan fingerprint density at radius 3 is 2.58 bits per heavy atom. The minimum atomic E-state index is -3.66. The number of sulfonamides is 1. The molecule has 106 valence electrons. The number of rotatable bonds is 4. The highest BCUT2D eigenvalue weighted by Crippen LogP contribution is 2.32. The van der Waals surface area contributed by atoms with Crippen molar-refractivity contribution in [3.63, 3.8) is 0 Å². The summed E-state index contributed by atoms with van der Waals surface area (Å²) in [6, 6.07) is 4.81. The molecule has 4 nitrogen and oxygen atoms in total. The fourth-order valence-corrected chi connectivity index (χ4v) is 4.51. The van der Waals surface area contributed by atoms with E-state index in [0.717, 1.165) is 12.8 Å². The highest BCUT2D eigenvalue weighted by molar-refractivity contribution is 7.89. The van der Waals surface area contributed by atoms with Crippen LogP contribution in [-0.2, 0) is 10.0 Å². The molecule has 0 aliphatic heterocycles. The van der Waals surface area contributed by atoms with Crippen molar-refractivity contribution in [1.82, 2.24) is 4.72 Å². The van der Waals surface area contributed by atoms with E-state index in [0.29, 0.717) is 23.4 Å². The van der Waals surface area contributed by atoms with Gasteiger partial charge < -0.3 is 5.11 Å². The van der Waals surface area contributed by atoms with E-state index in [9.17, 15) is 13.5 Å². The van der Waals surface area contributed by atoms with Crippen LogP contribution in [-0.4, -0.2) is 25.7 Å². The number of halogens is 1. The summed E-state index contributed by atoms with van der Waals surface area (Å²) in [5.74, 6) is 0. The second-order valence-electron chi connectivity index (χ2n) is 5.11. The Bertz CT molecular complexity index is 565. The Morgan fingerprint density at radius 1 is 1.37 bits per heavy atom. The van der Waals surface area contributed by atoms with Crippen LogP contribution in [0.25, 0.3) is 0 Å². The lowest BCUT2D eigenvalue weighted by atomic mass is 10.0. The van der Waals surface area contributed by atoms with E-state index >= 15 is 0 Å². The molecule has 1 saturated carbocycles. The monoisotopic (exact) mass is 303 g/mol. The van der Waals surface area contributed by atoms with E-state index in [1.165, 1.54) is 6.07 Å². The number of hydrogen-bond donors (Lipinski definition) is 2. The van der Waals surface area contributed by atoms with E-state index in [1.807, 2.05) is 0 Å². The number of benzene rings is 1. The third-order valence-corrected chi connectivity index (χ3v) is 5.85. The Kier molecular flexibility index (Phi) is 4.20. The fourth-order valence-electron chi connectivity index (χ4n) is 2.56. The molecule has 0 atom stereocenters. The fraction of sp³-hybridized carbons (Fsp3) is 0.538. The van der Waals surface area contributed by atoms with Crippen molar-refractivity contribution in [2.24, 2.45) is 0 Å². The normalized spacial score (nSPS) is 18.7. The van der Waals surface area contributed by atoms with Crippen molar-refractivity contribution in [2.45, 2.75) is 43.0 Å². The molecule has 0 heterocycles. The van der Waals surface area contributed by atoms with Crippen LogP contribution in [0.1, 0.15) is 31.2 Å². The smallest absolute Gasteiger partial charge is 0.241 e. The molecule has 1 aromatic rings. The van der Waals surface area contributed by atoms with Crippen molar-refractivity contribution < 1.29 is 13.5 Å². The molecule has 0 spiro atoms. The lowest BCUT2D eigenvalue weighted by Gasteiger charge is -2.28. The maximum Gasteiger partial charge on any atom is 0.241 e. The average molecular weight is 304 g/mol. The van der Waals surface area contributed by atoms with Gasteiger partial charge in [0.1, 0.15) is 0 Å². The maximum atomic E-state index is 12.4. The minimum absolute atomic E-state index is 0.175. The summed E-state index contributed by atoms with van der Waals surface area (Å²) in [5, 5.41) is 9.92. The number of nitrogens with one attached hydrogen (secondary N) is 1. The molecular formula is C13H18ClNO3S. The van der Waals surface area contributed by atoms with Gasteiger partial charge in [-0.3, -0.25) is 0 Å². The molecule has 0 bridgehead atoms. The second-order valence-corrected chi connectivity index (χ2v) is 7.17. The van der Waals surface area contributed by atoms with Crippen LogP contribution in [0.3, 0.4) is 0 Å². The van der Waals surface area contributed by atoms with Gasteiger partial charge in [-0.2, -0.15) is 0 Å². The zero-order chi connectivity index (χ0) is 14.1. The lowest BCUT2D eigenvalue weighted by molar-refractivity contribution is 0.185. The van der Waals surface area contributed by atoms with Crippen molar-refractivity contribution >= 4 is 21.6 Å². The van der Waals surface area contributed by atoms with E-state index < -0.39 is 15.6 Å². The first kappa shape index (κ1) is 14.8. The van der Waals surface area contributed by atoms with Gasteiger partial charge in [0, 0.05) is 5.02 Å². The van der Waals surface area contributed by atoms with E-state index in [4.69, 9.17) is 11.6 Å². The molecular weight excluding hydrogens is 286 g/mol. The van der Waals surface area contributed by atoms with Crippen LogP contribution in [0.2, 0.25) is 5.02 Å². The van der Waals surface area contributed by atoms with Crippen molar-refractivity contribution in [1.29, 1.82) is 0 Å². The quantitative estimate of drug-likeness (QED) is 0.896. The van der Waals surface area contributed by atoms with Crippen LogP contribution in [0.5, 0.6) is 0 Å². The van der Waals surface area contributed by atoms with Crippen LogP contribution >= 0.6 is 11.6 Å². The molecule has 0 unspecified atom stereocenters. The molecule has 0 saturated heterocycles. The molecule has 19 heavy (non-hydrogen) atoms. The third-order valence-electron chi connectivity index (χ3n) is 3.72. The van der Waals surface area contributed by atoms with E-state index in [2.05, 4.69) is 4.72 Å². The standard InChI is InChI=1S/C13H18ClNO3S/c1-10-11(14)5-4-6-12(10)19(17,18)15-13(9-16)7-2-3-8-13/h4-6,15-16H,2-3,7-9H2,1H3. The Hall–Kier alpha value is -0.620. The predicted octanol–water partition coefficient (Wildman–Crippen LogP) is 2.23. The third kappa shape index (κ3) is 2.94. The van der Waals surface area contributed by atoms with Crippen LogP contribution < -0.4 is 4.72 Å². The molecule has 1 aromatic carbocycles. The number of aliphatic hydroxyl groups excluding tert-OH is 1. The van der Waals surface area contributed by atoms with Crippen LogP contribution in [0.4, 0.5) is 0 Å². The molecule has 2 rings (SSSR count). The first-order valence-electron chi connectivity index (χ1n) is 6.30. The Labute approximate surface area is 118 Å². The first-order valence-corrected chi connectivity index (χ1v) is 8.16. The average Bonchev–Trinajstić information content (AvgIpc) is 2.81. The highest BCUT2D eigenvalue weighted by Gasteiger charge is 2.37. The van der Waals surface area contributed by atoms with E-state index in [-0.39, 0.29) is 11.5 Å².